The van der Waals surface area contributed by atoms with Gasteiger partial charge in [-0.3, -0.25) is 4.79 Å². The van der Waals surface area contributed by atoms with Gasteiger partial charge in [-0.05, 0) is 48.4 Å². The van der Waals surface area contributed by atoms with E-state index in [1.165, 1.54) is 6.08 Å². The number of rotatable bonds is 7. The number of amides is 1. The second-order valence-corrected chi connectivity index (χ2v) is 6.49. The van der Waals surface area contributed by atoms with Gasteiger partial charge in [0.25, 0.3) is 5.91 Å². The quantitative estimate of drug-likeness (QED) is 0.544. The monoisotopic (exact) mass is 407 g/mol. The fourth-order valence-corrected chi connectivity index (χ4v) is 2.55. The lowest BCUT2D eigenvalue weighted by Crippen LogP contribution is -2.30. The van der Waals surface area contributed by atoms with Gasteiger partial charge < -0.3 is 14.8 Å². The van der Waals surface area contributed by atoms with Crippen LogP contribution in [0.15, 0.2) is 48.5 Å². The predicted octanol–water partition coefficient (Wildman–Crippen LogP) is 4.44. The zero-order valence-electron chi connectivity index (χ0n) is 14.9. The minimum atomic E-state index is -0.616. The molecule has 142 valence electrons. The summed E-state index contributed by atoms with van der Waals surface area (Å²) in [6.07, 6.45) is 2.84. The zero-order valence-corrected chi connectivity index (χ0v) is 16.4. The number of halogens is 2. The molecule has 0 aliphatic rings. The van der Waals surface area contributed by atoms with E-state index in [0.29, 0.717) is 15.8 Å². The number of hydrogen-bond acceptors (Lipinski definition) is 4. The molecule has 0 saturated heterocycles. The van der Waals surface area contributed by atoms with Crippen LogP contribution in [-0.2, 0) is 14.3 Å². The summed E-state index contributed by atoms with van der Waals surface area (Å²) in [5, 5.41) is 3.58. The summed E-state index contributed by atoms with van der Waals surface area (Å²) in [4.78, 5) is 23.7. The first-order valence-electron chi connectivity index (χ1n) is 8.12. The highest BCUT2D eigenvalue weighted by Gasteiger charge is 2.12. The van der Waals surface area contributed by atoms with Crippen LogP contribution in [0.3, 0.4) is 0 Å². The molecule has 5 nitrogen and oxygen atoms in total. The Labute approximate surface area is 167 Å². The second-order valence-electron chi connectivity index (χ2n) is 5.68. The first-order valence-corrected chi connectivity index (χ1v) is 8.88. The Kier molecular flexibility index (Phi) is 7.70. The Bertz CT molecular complexity index is 852. The molecule has 0 unspecified atom stereocenters. The topological polar surface area (TPSA) is 64.6 Å². The summed E-state index contributed by atoms with van der Waals surface area (Å²) in [5.74, 6) is -0.354. The molecule has 0 bridgehead atoms. The highest BCUT2D eigenvalue weighted by Crippen LogP contribution is 2.25. The minimum Gasteiger partial charge on any atom is -0.497 e. The molecule has 1 N–H and O–H groups in total. The second kappa shape index (κ2) is 10.00. The van der Waals surface area contributed by atoms with Gasteiger partial charge in [-0.25, -0.2) is 4.79 Å². The van der Waals surface area contributed by atoms with Crippen molar-refractivity contribution in [3.05, 3.63) is 69.7 Å². The molecule has 7 heteroatoms. The van der Waals surface area contributed by atoms with E-state index in [-0.39, 0.29) is 12.6 Å². The molecule has 0 aromatic heterocycles. The van der Waals surface area contributed by atoms with E-state index in [9.17, 15) is 9.59 Å². The molecular weight excluding hydrogens is 389 g/mol. The molecular formula is C20H19Cl2NO4. The summed E-state index contributed by atoms with van der Waals surface area (Å²) < 4.78 is 10.1. The molecule has 2 aromatic carbocycles. The van der Waals surface area contributed by atoms with E-state index in [1.54, 1.807) is 50.4 Å². The van der Waals surface area contributed by atoms with Crippen LogP contribution in [0.2, 0.25) is 10.0 Å². The van der Waals surface area contributed by atoms with Gasteiger partial charge in [0, 0.05) is 6.08 Å². The van der Waals surface area contributed by atoms with E-state index < -0.39 is 11.9 Å². The molecule has 0 aliphatic carbocycles. The molecule has 2 rings (SSSR count). The highest BCUT2D eigenvalue weighted by atomic mass is 35.5. The van der Waals surface area contributed by atoms with Crippen LogP contribution in [0.25, 0.3) is 6.08 Å². The van der Waals surface area contributed by atoms with Gasteiger partial charge in [-0.2, -0.15) is 0 Å². The van der Waals surface area contributed by atoms with Crippen LogP contribution in [-0.4, -0.2) is 25.6 Å². The Morgan fingerprint density at radius 3 is 2.63 bits per heavy atom. The lowest BCUT2D eigenvalue weighted by Gasteiger charge is -2.14. The molecule has 27 heavy (non-hydrogen) atoms. The maximum Gasteiger partial charge on any atom is 0.331 e. The summed E-state index contributed by atoms with van der Waals surface area (Å²) in [6, 6.07) is 12.0. The van der Waals surface area contributed by atoms with Gasteiger partial charge in [0.2, 0.25) is 0 Å². The van der Waals surface area contributed by atoms with Crippen molar-refractivity contribution in [2.75, 3.05) is 13.7 Å². The van der Waals surface area contributed by atoms with E-state index in [2.05, 4.69) is 5.32 Å². The number of benzene rings is 2. The molecule has 2 aromatic rings. The van der Waals surface area contributed by atoms with Gasteiger partial charge in [0.15, 0.2) is 6.61 Å². The van der Waals surface area contributed by atoms with Crippen molar-refractivity contribution < 1.29 is 19.1 Å². The Hall–Kier alpha value is -2.50. The third-order valence-electron chi connectivity index (χ3n) is 3.67. The van der Waals surface area contributed by atoms with Crippen LogP contribution in [0.4, 0.5) is 0 Å². The van der Waals surface area contributed by atoms with Crippen molar-refractivity contribution in [3.8, 4) is 5.75 Å². The fourth-order valence-electron chi connectivity index (χ4n) is 2.24. The molecule has 1 amide bonds. The van der Waals surface area contributed by atoms with Gasteiger partial charge in [-0.15, -0.1) is 0 Å². The molecule has 0 heterocycles. The third kappa shape index (κ3) is 6.62. The van der Waals surface area contributed by atoms with Gasteiger partial charge >= 0.3 is 5.97 Å². The molecule has 0 spiro atoms. The van der Waals surface area contributed by atoms with Gasteiger partial charge in [0.05, 0.1) is 23.2 Å². The lowest BCUT2D eigenvalue weighted by atomic mass is 10.1. The number of methoxy groups -OCH3 is 1. The zero-order chi connectivity index (χ0) is 19.8. The molecule has 0 radical (unpaired) electrons. The van der Waals surface area contributed by atoms with E-state index in [4.69, 9.17) is 32.7 Å². The van der Waals surface area contributed by atoms with Crippen LogP contribution in [0.5, 0.6) is 5.75 Å². The number of carbonyl (C=O) groups excluding carboxylic acids is 2. The lowest BCUT2D eigenvalue weighted by molar-refractivity contribution is -0.144. The van der Waals surface area contributed by atoms with E-state index in [0.717, 1.165) is 11.1 Å². The predicted molar refractivity (Wildman–Crippen MR) is 106 cm³/mol. The largest absolute Gasteiger partial charge is 0.497 e. The minimum absolute atomic E-state index is 0.307. The average molecular weight is 408 g/mol. The first kappa shape index (κ1) is 20.8. The number of hydrogen-bond donors (Lipinski definition) is 1. The number of carbonyl (C=O) groups is 2. The summed E-state index contributed by atoms with van der Waals surface area (Å²) in [7, 11) is 1.56. The van der Waals surface area contributed by atoms with E-state index >= 15 is 0 Å². The van der Waals surface area contributed by atoms with Crippen molar-refractivity contribution in [2.24, 2.45) is 0 Å². The van der Waals surface area contributed by atoms with Crippen molar-refractivity contribution in [2.45, 2.75) is 13.0 Å². The van der Waals surface area contributed by atoms with E-state index in [1.807, 2.05) is 12.1 Å². The SMILES string of the molecule is COc1cccc(/C=C/C(=O)OCC(=O)N[C@H](C)c2ccc(Cl)c(Cl)c2)c1. The van der Waals surface area contributed by atoms with Crippen molar-refractivity contribution in [1.82, 2.24) is 5.32 Å². The summed E-state index contributed by atoms with van der Waals surface area (Å²) in [6.45, 7) is 1.41. The van der Waals surface area contributed by atoms with Crippen molar-refractivity contribution >= 4 is 41.2 Å². The fraction of sp³-hybridized carbons (Fsp3) is 0.200. The number of nitrogens with one attached hydrogen (secondary N) is 1. The van der Waals surface area contributed by atoms with Gasteiger partial charge in [0.1, 0.15) is 5.75 Å². The Morgan fingerprint density at radius 1 is 1.15 bits per heavy atom. The van der Waals surface area contributed by atoms with Crippen molar-refractivity contribution in [3.63, 3.8) is 0 Å². The van der Waals surface area contributed by atoms with Crippen LogP contribution < -0.4 is 10.1 Å². The average Bonchev–Trinajstić information content (AvgIpc) is 2.67. The first-order chi connectivity index (χ1) is 12.9. The standard InChI is InChI=1S/C20H19Cl2NO4/c1-13(15-7-8-17(21)18(22)11-15)23-19(24)12-27-20(25)9-6-14-4-3-5-16(10-14)26-2/h3-11,13H,12H2,1-2H3,(H,23,24)/b9-6+/t13-/m1/s1. The normalized spacial score (nSPS) is 11.9. The van der Waals surface area contributed by atoms with Crippen LogP contribution in [0, 0.1) is 0 Å². The highest BCUT2D eigenvalue weighted by molar-refractivity contribution is 6.42. The molecule has 0 aliphatic heterocycles. The van der Waals surface area contributed by atoms with Crippen LogP contribution >= 0.6 is 23.2 Å². The van der Waals surface area contributed by atoms with Crippen LogP contribution in [0.1, 0.15) is 24.1 Å². The summed E-state index contributed by atoms with van der Waals surface area (Å²) in [5.41, 5.74) is 1.57. The number of ether oxygens (including phenoxy) is 2. The summed E-state index contributed by atoms with van der Waals surface area (Å²) >= 11 is 11.8. The smallest absolute Gasteiger partial charge is 0.331 e. The number of esters is 1. The molecule has 1 atom stereocenters. The van der Waals surface area contributed by atoms with Crippen molar-refractivity contribution in [1.29, 1.82) is 0 Å². The third-order valence-corrected chi connectivity index (χ3v) is 4.41. The maximum absolute atomic E-state index is 12.0. The Balaban J connectivity index is 1.82. The van der Waals surface area contributed by atoms with Gasteiger partial charge in [-0.1, -0.05) is 41.4 Å². The molecule has 0 saturated carbocycles. The Morgan fingerprint density at radius 2 is 1.93 bits per heavy atom. The maximum atomic E-state index is 12.0. The molecule has 0 fully saturated rings.